The molecule has 0 aliphatic heterocycles. The molecule has 0 bridgehead atoms. The van der Waals surface area contributed by atoms with Gasteiger partial charge in [0, 0.05) is 17.7 Å². The van der Waals surface area contributed by atoms with E-state index in [1.807, 2.05) is 12.1 Å². The first-order chi connectivity index (χ1) is 7.36. The van der Waals surface area contributed by atoms with Gasteiger partial charge in [-0.1, -0.05) is 48.6 Å². The number of nitrogens with one attached hydrogen (secondary N) is 1. The third-order valence-electron chi connectivity index (χ3n) is 2.88. The van der Waals surface area contributed by atoms with Crippen molar-refractivity contribution in [3.05, 3.63) is 53.6 Å². The van der Waals surface area contributed by atoms with E-state index in [9.17, 15) is 0 Å². The average Bonchev–Trinajstić information content (AvgIpc) is 2.29. The number of benzene rings is 2. The van der Waals surface area contributed by atoms with Gasteiger partial charge in [0.25, 0.3) is 0 Å². The van der Waals surface area contributed by atoms with Gasteiger partial charge >= 0.3 is 0 Å². The zero-order chi connectivity index (χ0) is 10.3. The molecule has 0 heterocycles. The Morgan fingerprint density at radius 1 is 1.00 bits per heavy atom. The van der Waals surface area contributed by atoms with Gasteiger partial charge in [-0.15, -0.1) is 0 Å². The van der Waals surface area contributed by atoms with Crippen molar-refractivity contribution in [1.29, 1.82) is 5.41 Å². The summed E-state index contributed by atoms with van der Waals surface area (Å²) in [6.07, 6.45) is 4.92. The molecule has 0 unspecified atom stereocenters. The Bertz CT molecular complexity index is 579. The molecule has 0 fully saturated rings. The lowest BCUT2D eigenvalue weighted by Gasteiger charge is -2.14. The second kappa shape index (κ2) is 3.06. The summed E-state index contributed by atoms with van der Waals surface area (Å²) in [4.78, 5) is 0. The largest absolute Gasteiger partial charge is 0.304 e. The van der Waals surface area contributed by atoms with Crippen LogP contribution in [0.5, 0.6) is 0 Å². The van der Waals surface area contributed by atoms with Crippen LogP contribution >= 0.6 is 0 Å². The zero-order valence-electron chi connectivity index (χ0n) is 8.33. The van der Waals surface area contributed by atoms with Crippen molar-refractivity contribution >= 4 is 22.6 Å². The summed E-state index contributed by atoms with van der Waals surface area (Å²) in [6.45, 7) is 0. The topological polar surface area (TPSA) is 23.9 Å². The summed E-state index contributed by atoms with van der Waals surface area (Å²) in [6, 6.07) is 12.5. The Balaban J connectivity index is 2.47. The molecule has 0 atom stereocenters. The van der Waals surface area contributed by atoms with Gasteiger partial charge in [-0.2, -0.15) is 0 Å². The standard InChI is InChI=1S/C14H11N/c15-13-7-3-5-11-9-8-10-4-1-2-6-12(10)14(11)13/h1-6,8-9,15H,7H2. The van der Waals surface area contributed by atoms with Crippen LogP contribution in [0.15, 0.2) is 42.5 Å². The van der Waals surface area contributed by atoms with Crippen molar-refractivity contribution in [2.45, 2.75) is 6.42 Å². The molecule has 0 aromatic heterocycles. The molecule has 2 aromatic carbocycles. The van der Waals surface area contributed by atoms with E-state index in [4.69, 9.17) is 5.41 Å². The molecule has 1 aliphatic carbocycles. The molecule has 72 valence electrons. The zero-order valence-corrected chi connectivity index (χ0v) is 8.33. The SMILES string of the molecule is N=C1CC=Cc2ccc3ccccc3c21. The average molecular weight is 193 g/mol. The van der Waals surface area contributed by atoms with Crippen LogP contribution in [0.2, 0.25) is 0 Å². The van der Waals surface area contributed by atoms with E-state index >= 15 is 0 Å². The van der Waals surface area contributed by atoms with Crippen LogP contribution in [0.25, 0.3) is 16.8 Å². The Kier molecular flexibility index (Phi) is 1.72. The highest BCUT2D eigenvalue weighted by atomic mass is 14.4. The van der Waals surface area contributed by atoms with Crippen LogP contribution in [0.1, 0.15) is 17.5 Å². The van der Waals surface area contributed by atoms with Crippen LogP contribution in [0, 0.1) is 5.41 Å². The molecule has 1 N–H and O–H groups in total. The maximum absolute atomic E-state index is 8.00. The van der Waals surface area contributed by atoms with E-state index in [0.29, 0.717) is 0 Å². The molecule has 15 heavy (non-hydrogen) atoms. The highest BCUT2D eigenvalue weighted by Crippen LogP contribution is 2.27. The Hall–Kier alpha value is -1.89. The van der Waals surface area contributed by atoms with Gasteiger partial charge in [-0.25, -0.2) is 0 Å². The predicted octanol–water partition coefficient (Wildman–Crippen LogP) is 3.62. The number of hydrogen-bond donors (Lipinski definition) is 1. The van der Waals surface area contributed by atoms with E-state index in [1.54, 1.807) is 0 Å². The van der Waals surface area contributed by atoms with Crippen LogP contribution < -0.4 is 0 Å². The minimum absolute atomic E-state index is 0.726. The maximum atomic E-state index is 8.00. The first kappa shape index (κ1) is 8.42. The van der Waals surface area contributed by atoms with Crippen molar-refractivity contribution in [2.75, 3.05) is 0 Å². The fourth-order valence-corrected chi connectivity index (χ4v) is 2.17. The Morgan fingerprint density at radius 3 is 2.80 bits per heavy atom. The lowest BCUT2D eigenvalue weighted by molar-refractivity contribution is 1.34. The molecular weight excluding hydrogens is 182 g/mol. The quantitative estimate of drug-likeness (QED) is 0.660. The van der Waals surface area contributed by atoms with Crippen molar-refractivity contribution in [2.24, 2.45) is 0 Å². The first-order valence-corrected chi connectivity index (χ1v) is 5.12. The van der Waals surface area contributed by atoms with Crippen LogP contribution in [0.3, 0.4) is 0 Å². The van der Waals surface area contributed by atoms with Gasteiger partial charge in [0.05, 0.1) is 0 Å². The lowest BCUT2D eigenvalue weighted by atomic mass is 9.90. The Morgan fingerprint density at radius 2 is 1.87 bits per heavy atom. The maximum Gasteiger partial charge on any atom is 0.0436 e. The van der Waals surface area contributed by atoms with Crippen LogP contribution in [0.4, 0.5) is 0 Å². The van der Waals surface area contributed by atoms with E-state index in [2.05, 4.69) is 36.4 Å². The van der Waals surface area contributed by atoms with Crippen molar-refractivity contribution < 1.29 is 0 Å². The van der Waals surface area contributed by atoms with Crippen LogP contribution in [-0.2, 0) is 0 Å². The summed E-state index contributed by atoms with van der Waals surface area (Å²) in [5.41, 5.74) is 3.00. The molecule has 0 radical (unpaired) electrons. The van der Waals surface area contributed by atoms with E-state index < -0.39 is 0 Å². The van der Waals surface area contributed by atoms with Gasteiger partial charge in [-0.05, 0) is 16.3 Å². The monoisotopic (exact) mass is 193 g/mol. The Labute approximate surface area is 88.6 Å². The van der Waals surface area contributed by atoms with E-state index in [-0.39, 0.29) is 0 Å². The summed E-state index contributed by atoms with van der Waals surface area (Å²) in [5, 5.41) is 10.4. The summed E-state index contributed by atoms with van der Waals surface area (Å²) < 4.78 is 0. The highest BCUT2D eigenvalue weighted by molar-refractivity contribution is 6.14. The molecule has 1 aliphatic rings. The molecular formula is C14H11N. The molecule has 0 spiro atoms. The third-order valence-corrected chi connectivity index (χ3v) is 2.88. The number of allylic oxidation sites excluding steroid dienone is 1. The van der Waals surface area contributed by atoms with E-state index in [1.165, 1.54) is 16.3 Å². The summed E-state index contributed by atoms with van der Waals surface area (Å²) in [5.74, 6) is 0. The van der Waals surface area contributed by atoms with Crippen molar-refractivity contribution in [3.63, 3.8) is 0 Å². The molecule has 1 heteroatoms. The minimum Gasteiger partial charge on any atom is -0.304 e. The number of hydrogen-bond acceptors (Lipinski definition) is 1. The summed E-state index contributed by atoms with van der Waals surface area (Å²) >= 11 is 0. The molecule has 0 saturated carbocycles. The molecule has 3 rings (SSSR count). The first-order valence-electron chi connectivity index (χ1n) is 5.12. The molecule has 1 nitrogen and oxygen atoms in total. The van der Waals surface area contributed by atoms with Gasteiger partial charge in [-0.3, -0.25) is 0 Å². The fourth-order valence-electron chi connectivity index (χ4n) is 2.17. The van der Waals surface area contributed by atoms with Gasteiger partial charge in [0.15, 0.2) is 0 Å². The molecule has 0 amide bonds. The smallest absolute Gasteiger partial charge is 0.0436 e. The predicted molar refractivity (Wildman–Crippen MR) is 64.4 cm³/mol. The van der Waals surface area contributed by atoms with Gasteiger partial charge in [0.2, 0.25) is 0 Å². The molecule has 0 saturated heterocycles. The number of fused-ring (bicyclic) bond motifs is 3. The van der Waals surface area contributed by atoms with E-state index in [0.717, 1.165) is 17.7 Å². The van der Waals surface area contributed by atoms with Crippen molar-refractivity contribution in [1.82, 2.24) is 0 Å². The second-order valence-electron chi connectivity index (χ2n) is 3.84. The molecule has 2 aromatic rings. The number of rotatable bonds is 0. The third kappa shape index (κ3) is 1.20. The minimum atomic E-state index is 0.726. The second-order valence-corrected chi connectivity index (χ2v) is 3.84. The van der Waals surface area contributed by atoms with Gasteiger partial charge in [0.1, 0.15) is 0 Å². The van der Waals surface area contributed by atoms with Gasteiger partial charge < -0.3 is 5.41 Å². The van der Waals surface area contributed by atoms with Crippen molar-refractivity contribution in [3.8, 4) is 0 Å². The van der Waals surface area contributed by atoms with Crippen LogP contribution in [-0.4, -0.2) is 5.71 Å². The highest BCUT2D eigenvalue weighted by Gasteiger charge is 2.12. The normalized spacial score (nSPS) is 14.3. The lowest BCUT2D eigenvalue weighted by Crippen LogP contribution is -2.04. The fraction of sp³-hybridized carbons (Fsp3) is 0.0714. The summed E-state index contributed by atoms with van der Waals surface area (Å²) in [7, 11) is 0.